The van der Waals surface area contributed by atoms with Gasteiger partial charge in [-0.05, 0) is 42.9 Å². The van der Waals surface area contributed by atoms with Crippen molar-refractivity contribution in [2.24, 2.45) is 5.41 Å². The first kappa shape index (κ1) is 19.1. The fourth-order valence-electron chi connectivity index (χ4n) is 3.46. The molecule has 5 nitrogen and oxygen atoms in total. The quantitative estimate of drug-likeness (QED) is 0.789. The summed E-state index contributed by atoms with van der Waals surface area (Å²) < 4.78 is 5.28. The molecule has 1 amide bonds. The summed E-state index contributed by atoms with van der Waals surface area (Å²) in [5, 5.41) is 12.5. The van der Waals surface area contributed by atoms with Crippen LogP contribution in [0.4, 0.5) is 0 Å². The minimum absolute atomic E-state index is 0.123. The van der Waals surface area contributed by atoms with Gasteiger partial charge in [-0.3, -0.25) is 9.59 Å². The number of carbonyl (C=O) groups excluding carboxylic acids is 1. The van der Waals surface area contributed by atoms with E-state index in [2.05, 4.69) is 17.4 Å². The van der Waals surface area contributed by atoms with Gasteiger partial charge in [-0.2, -0.15) is 0 Å². The molecule has 0 saturated carbocycles. The molecule has 0 atom stereocenters. The number of aliphatic carboxylic acids is 1. The number of rotatable bonds is 7. The number of aryl methyl sites for hydroxylation is 2. The smallest absolute Gasteiger partial charge is 0.311 e. The molecule has 0 spiro atoms. The van der Waals surface area contributed by atoms with Crippen LogP contribution in [-0.2, 0) is 22.4 Å². The number of carbonyl (C=O) groups is 2. The Hall–Kier alpha value is -2.66. The average molecular weight is 367 g/mol. The first-order valence-electron chi connectivity index (χ1n) is 9.32. The number of hydrogen-bond acceptors (Lipinski definition) is 3. The SMILES string of the molecule is O=C(NCC1(C(=O)O)CCOCC1)c1ccccc1CCc1ccccc1. The summed E-state index contributed by atoms with van der Waals surface area (Å²) in [6.07, 6.45) is 2.43. The zero-order chi connectivity index (χ0) is 19.1. The van der Waals surface area contributed by atoms with Gasteiger partial charge in [0.05, 0.1) is 5.41 Å². The predicted octanol–water partition coefficient (Wildman–Crippen LogP) is 3.08. The Morgan fingerprint density at radius 2 is 1.63 bits per heavy atom. The van der Waals surface area contributed by atoms with E-state index in [1.807, 2.05) is 36.4 Å². The molecule has 2 aromatic rings. The van der Waals surface area contributed by atoms with Gasteiger partial charge in [0.15, 0.2) is 0 Å². The lowest BCUT2D eigenvalue weighted by Gasteiger charge is -2.33. The van der Waals surface area contributed by atoms with Crippen molar-refractivity contribution in [3.63, 3.8) is 0 Å². The van der Waals surface area contributed by atoms with Crippen molar-refractivity contribution < 1.29 is 19.4 Å². The van der Waals surface area contributed by atoms with Gasteiger partial charge in [0.25, 0.3) is 5.91 Å². The largest absolute Gasteiger partial charge is 0.481 e. The van der Waals surface area contributed by atoms with Crippen molar-refractivity contribution in [1.29, 1.82) is 0 Å². The molecule has 142 valence electrons. The van der Waals surface area contributed by atoms with Crippen LogP contribution in [0.1, 0.15) is 34.3 Å². The summed E-state index contributed by atoms with van der Waals surface area (Å²) in [5.41, 5.74) is 1.86. The molecular formula is C22H25NO4. The number of benzene rings is 2. The molecule has 0 unspecified atom stereocenters. The number of hydrogen-bond donors (Lipinski definition) is 2. The standard InChI is InChI=1S/C22H25NO4/c24-20(23-16-22(21(25)26)12-14-27-15-13-22)19-9-5-4-8-18(19)11-10-17-6-2-1-3-7-17/h1-9H,10-16H2,(H,23,24)(H,25,26). The molecule has 2 aromatic carbocycles. The molecule has 0 aromatic heterocycles. The van der Waals surface area contributed by atoms with Crippen LogP contribution >= 0.6 is 0 Å². The molecule has 1 fully saturated rings. The zero-order valence-corrected chi connectivity index (χ0v) is 15.3. The Morgan fingerprint density at radius 1 is 0.963 bits per heavy atom. The predicted molar refractivity (Wildman–Crippen MR) is 103 cm³/mol. The molecule has 1 aliphatic rings. The lowest BCUT2D eigenvalue weighted by atomic mass is 9.80. The molecule has 5 heteroatoms. The van der Waals surface area contributed by atoms with Crippen LogP contribution in [-0.4, -0.2) is 36.7 Å². The van der Waals surface area contributed by atoms with Crippen molar-refractivity contribution in [2.45, 2.75) is 25.7 Å². The van der Waals surface area contributed by atoms with Crippen LogP contribution in [0.3, 0.4) is 0 Å². The maximum atomic E-state index is 12.7. The molecule has 0 radical (unpaired) electrons. The Morgan fingerprint density at radius 3 is 2.33 bits per heavy atom. The first-order valence-corrected chi connectivity index (χ1v) is 9.32. The molecule has 0 aliphatic carbocycles. The topological polar surface area (TPSA) is 75.6 Å². The van der Waals surface area contributed by atoms with Crippen LogP contribution in [0, 0.1) is 5.41 Å². The number of amides is 1. The van der Waals surface area contributed by atoms with Gasteiger partial charge < -0.3 is 15.2 Å². The molecule has 27 heavy (non-hydrogen) atoms. The number of carboxylic acids is 1. The minimum atomic E-state index is -0.938. The average Bonchev–Trinajstić information content (AvgIpc) is 2.72. The summed E-state index contributed by atoms with van der Waals surface area (Å²) in [6.45, 7) is 0.948. The van der Waals surface area contributed by atoms with E-state index in [1.165, 1.54) is 5.56 Å². The fraction of sp³-hybridized carbons (Fsp3) is 0.364. The second-order valence-corrected chi connectivity index (χ2v) is 7.02. The third-order valence-electron chi connectivity index (χ3n) is 5.28. The van der Waals surface area contributed by atoms with Crippen LogP contribution in [0.25, 0.3) is 0 Å². The third kappa shape index (κ3) is 4.74. The van der Waals surface area contributed by atoms with Gasteiger partial charge in [0, 0.05) is 25.3 Å². The molecule has 1 saturated heterocycles. The van der Waals surface area contributed by atoms with Crippen molar-refractivity contribution in [3.8, 4) is 0 Å². The van der Waals surface area contributed by atoms with E-state index in [0.29, 0.717) is 31.6 Å². The highest BCUT2D eigenvalue weighted by molar-refractivity contribution is 5.96. The van der Waals surface area contributed by atoms with Crippen LogP contribution in [0.2, 0.25) is 0 Å². The Balaban J connectivity index is 1.67. The van der Waals surface area contributed by atoms with E-state index in [1.54, 1.807) is 6.07 Å². The maximum Gasteiger partial charge on any atom is 0.311 e. The lowest BCUT2D eigenvalue weighted by Crippen LogP contribution is -2.46. The van der Waals surface area contributed by atoms with Crippen LogP contribution in [0.15, 0.2) is 54.6 Å². The zero-order valence-electron chi connectivity index (χ0n) is 15.3. The highest BCUT2D eigenvalue weighted by atomic mass is 16.5. The van der Waals surface area contributed by atoms with E-state index < -0.39 is 11.4 Å². The maximum absolute atomic E-state index is 12.7. The van der Waals surface area contributed by atoms with Gasteiger partial charge >= 0.3 is 5.97 Å². The minimum Gasteiger partial charge on any atom is -0.481 e. The monoisotopic (exact) mass is 367 g/mol. The molecule has 3 rings (SSSR count). The normalized spacial score (nSPS) is 15.9. The Labute approximate surface area is 159 Å². The van der Waals surface area contributed by atoms with E-state index >= 15 is 0 Å². The van der Waals surface area contributed by atoms with Gasteiger partial charge in [-0.15, -0.1) is 0 Å². The molecular weight excluding hydrogens is 342 g/mol. The summed E-state index contributed by atoms with van der Waals surface area (Å²) in [7, 11) is 0. The van der Waals surface area contributed by atoms with Gasteiger partial charge in [-0.25, -0.2) is 0 Å². The number of carboxylic acid groups (broad SMARTS) is 1. The summed E-state index contributed by atoms with van der Waals surface area (Å²) in [6, 6.07) is 17.7. The van der Waals surface area contributed by atoms with Crippen molar-refractivity contribution in [2.75, 3.05) is 19.8 Å². The Bertz CT molecular complexity index is 782. The lowest BCUT2D eigenvalue weighted by molar-refractivity contribution is -0.154. The van der Waals surface area contributed by atoms with E-state index in [-0.39, 0.29) is 12.5 Å². The van der Waals surface area contributed by atoms with E-state index in [9.17, 15) is 14.7 Å². The summed E-state index contributed by atoms with van der Waals surface area (Å²) in [5.74, 6) is -1.09. The second-order valence-electron chi connectivity index (χ2n) is 7.02. The summed E-state index contributed by atoms with van der Waals surface area (Å²) >= 11 is 0. The number of ether oxygens (including phenoxy) is 1. The molecule has 2 N–H and O–H groups in total. The van der Waals surface area contributed by atoms with E-state index in [0.717, 1.165) is 18.4 Å². The van der Waals surface area contributed by atoms with E-state index in [4.69, 9.17) is 4.74 Å². The summed E-state index contributed by atoms with van der Waals surface area (Å²) in [4.78, 5) is 24.5. The van der Waals surface area contributed by atoms with Crippen molar-refractivity contribution >= 4 is 11.9 Å². The van der Waals surface area contributed by atoms with Crippen molar-refractivity contribution in [3.05, 3.63) is 71.3 Å². The molecule has 0 bridgehead atoms. The van der Waals surface area contributed by atoms with Crippen molar-refractivity contribution in [1.82, 2.24) is 5.32 Å². The van der Waals surface area contributed by atoms with Gasteiger partial charge in [0.1, 0.15) is 0 Å². The first-order chi connectivity index (χ1) is 13.1. The second kappa shape index (κ2) is 8.82. The van der Waals surface area contributed by atoms with Gasteiger partial charge in [-0.1, -0.05) is 48.5 Å². The van der Waals surface area contributed by atoms with Crippen LogP contribution < -0.4 is 5.32 Å². The third-order valence-corrected chi connectivity index (χ3v) is 5.28. The highest BCUT2D eigenvalue weighted by Gasteiger charge is 2.40. The molecule has 1 heterocycles. The Kier molecular flexibility index (Phi) is 6.24. The number of nitrogens with one attached hydrogen (secondary N) is 1. The molecule has 1 aliphatic heterocycles. The fourth-order valence-corrected chi connectivity index (χ4v) is 3.46. The van der Waals surface area contributed by atoms with Crippen LogP contribution in [0.5, 0.6) is 0 Å². The van der Waals surface area contributed by atoms with Gasteiger partial charge in [0.2, 0.25) is 0 Å². The highest BCUT2D eigenvalue weighted by Crippen LogP contribution is 2.30.